The van der Waals surface area contributed by atoms with Crippen LogP contribution in [0.25, 0.3) is 0 Å². The predicted octanol–water partition coefficient (Wildman–Crippen LogP) is 3.60. The van der Waals surface area contributed by atoms with Crippen LogP contribution in [0.1, 0.15) is 40.4 Å². The Bertz CT molecular complexity index is 951. The zero-order valence-corrected chi connectivity index (χ0v) is 16.6. The first-order valence-electron chi connectivity index (χ1n) is 9.07. The normalized spacial score (nSPS) is 19.4. The highest BCUT2D eigenvalue weighted by molar-refractivity contribution is 7.80. The summed E-state index contributed by atoms with van der Waals surface area (Å²) < 4.78 is 2.23. The summed E-state index contributed by atoms with van der Waals surface area (Å²) in [5.74, 6) is 0. The van der Waals surface area contributed by atoms with Gasteiger partial charge in [-0.3, -0.25) is 9.97 Å². The van der Waals surface area contributed by atoms with Crippen molar-refractivity contribution < 1.29 is 0 Å². The Hall–Kier alpha value is -2.73. The van der Waals surface area contributed by atoms with Crippen molar-refractivity contribution in [3.63, 3.8) is 0 Å². The average molecular weight is 378 g/mol. The van der Waals surface area contributed by atoms with Gasteiger partial charge in [-0.1, -0.05) is 12.1 Å². The van der Waals surface area contributed by atoms with Crippen molar-refractivity contribution in [1.29, 1.82) is 0 Å². The number of aromatic nitrogens is 3. The van der Waals surface area contributed by atoms with Crippen LogP contribution in [0.3, 0.4) is 0 Å². The molecule has 1 saturated heterocycles. The molecule has 1 aliphatic rings. The van der Waals surface area contributed by atoms with Gasteiger partial charge in [-0.25, -0.2) is 0 Å². The number of thiocarbonyl (C=S) groups is 1. The van der Waals surface area contributed by atoms with E-state index in [4.69, 9.17) is 12.2 Å². The molecule has 1 aliphatic heterocycles. The molecule has 0 spiro atoms. The number of nitrogens with one attached hydrogen (secondary N) is 1. The molecule has 1 fully saturated rings. The predicted molar refractivity (Wildman–Crippen MR) is 110 cm³/mol. The van der Waals surface area contributed by atoms with Gasteiger partial charge in [-0.2, -0.15) is 0 Å². The van der Waals surface area contributed by atoms with Crippen molar-refractivity contribution in [3.8, 4) is 0 Å². The van der Waals surface area contributed by atoms with Crippen LogP contribution in [0.2, 0.25) is 0 Å². The molecular formula is C21H23N5S. The number of pyridine rings is 2. The minimum atomic E-state index is 0.00270. The number of rotatable bonds is 4. The molecule has 2 atom stereocenters. The molecular weight excluding hydrogens is 354 g/mol. The van der Waals surface area contributed by atoms with Crippen LogP contribution in [-0.2, 0) is 13.6 Å². The Morgan fingerprint density at radius 2 is 1.81 bits per heavy atom. The maximum atomic E-state index is 5.73. The molecule has 0 aromatic carbocycles. The molecule has 27 heavy (non-hydrogen) atoms. The third-order valence-corrected chi connectivity index (χ3v) is 5.74. The van der Waals surface area contributed by atoms with Crippen molar-refractivity contribution >= 4 is 17.3 Å². The molecule has 0 aliphatic carbocycles. The van der Waals surface area contributed by atoms with E-state index in [0.717, 1.165) is 16.5 Å². The Labute approximate surface area is 165 Å². The van der Waals surface area contributed by atoms with Gasteiger partial charge in [0.05, 0.1) is 30.0 Å². The lowest BCUT2D eigenvalue weighted by Gasteiger charge is -2.27. The Morgan fingerprint density at radius 1 is 1.07 bits per heavy atom. The zero-order chi connectivity index (χ0) is 19.0. The Morgan fingerprint density at radius 3 is 2.41 bits per heavy atom. The molecule has 3 aromatic heterocycles. The van der Waals surface area contributed by atoms with E-state index in [-0.39, 0.29) is 12.1 Å². The fourth-order valence-electron chi connectivity index (χ4n) is 3.76. The molecule has 6 heteroatoms. The van der Waals surface area contributed by atoms with E-state index in [1.807, 2.05) is 42.7 Å². The highest BCUT2D eigenvalue weighted by Gasteiger charge is 2.41. The van der Waals surface area contributed by atoms with Gasteiger partial charge in [-0.15, -0.1) is 0 Å². The molecule has 0 amide bonds. The summed E-state index contributed by atoms with van der Waals surface area (Å²) in [6, 6.07) is 14.3. The van der Waals surface area contributed by atoms with E-state index < -0.39 is 0 Å². The van der Waals surface area contributed by atoms with Gasteiger partial charge in [0.25, 0.3) is 0 Å². The molecule has 0 unspecified atom stereocenters. The zero-order valence-electron chi connectivity index (χ0n) is 15.8. The van der Waals surface area contributed by atoms with Crippen LogP contribution < -0.4 is 5.32 Å². The maximum absolute atomic E-state index is 5.73. The van der Waals surface area contributed by atoms with E-state index in [0.29, 0.717) is 6.54 Å². The first kappa shape index (κ1) is 17.7. The fourth-order valence-corrected chi connectivity index (χ4v) is 4.07. The fraction of sp³-hybridized carbons (Fsp3) is 0.286. The average Bonchev–Trinajstić information content (AvgIpc) is 3.14. The van der Waals surface area contributed by atoms with Crippen LogP contribution in [0.15, 0.2) is 54.9 Å². The van der Waals surface area contributed by atoms with Crippen molar-refractivity contribution in [2.24, 2.45) is 7.05 Å². The molecule has 0 saturated carbocycles. The highest BCUT2D eigenvalue weighted by atomic mass is 32.1. The summed E-state index contributed by atoms with van der Waals surface area (Å²) in [5.41, 5.74) is 5.75. The van der Waals surface area contributed by atoms with Gasteiger partial charge in [0.2, 0.25) is 0 Å². The standard InChI is InChI=1S/C21H23N5S/c1-14-12-17(15(2)25(14)3)20-19(18-9-5-7-11-23-18)24-21(27)26(20)13-16-8-4-6-10-22-16/h4-12,19-20H,13H2,1-3H3,(H,24,27)/t19-,20+/m0/s1. The first-order chi connectivity index (χ1) is 13.1. The van der Waals surface area contributed by atoms with Crippen LogP contribution >= 0.6 is 12.2 Å². The Balaban J connectivity index is 1.79. The summed E-state index contributed by atoms with van der Waals surface area (Å²) in [6.07, 6.45) is 3.66. The van der Waals surface area contributed by atoms with Gasteiger partial charge in [-0.05, 0) is 62.0 Å². The molecule has 138 valence electrons. The quantitative estimate of drug-likeness (QED) is 0.704. The number of hydrogen-bond acceptors (Lipinski definition) is 3. The molecule has 4 rings (SSSR count). The third-order valence-electron chi connectivity index (χ3n) is 5.39. The van der Waals surface area contributed by atoms with Crippen molar-refractivity contribution in [2.45, 2.75) is 32.5 Å². The van der Waals surface area contributed by atoms with Crippen LogP contribution in [-0.4, -0.2) is 24.5 Å². The lowest BCUT2D eigenvalue weighted by Crippen LogP contribution is -2.29. The number of aryl methyl sites for hydroxylation is 1. The second-order valence-electron chi connectivity index (χ2n) is 6.96. The first-order valence-corrected chi connectivity index (χ1v) is 9.48. The molecule has 5 nitrogen and oxygen atoms in total. The van der Waals surface area contributed by atoms with E-state index in [1.54, 1.807) is 0 Å². The molecule has 0 bridgehead atoms. The van der Waals surface area contributed by atoms with Gasteiger partial charge < -0.3 is 14.8 Å². The summed E-state index contributed by atoms with van der Waals surface area (Å²) in [4.78, 5) is 11.3. The second kappa shape index (κ2) is 7.12. The second-order valence-corrected chi connectivity index (χ2v) is 7.35. The van der Waals surface area contributed by atoms with Crippen molar-refractivity contribution in [2.75, 3.05) is 0 Å². The number of hydrogen-bond donors (Lipinski definition) is 1. The van der Waals surface area contributed by atoms with Gasteiger partial charge >= 0.3 is 0 Å². The summed E-state index contributed by atoms with van der Waals surface area (Å²) >= 11 is 5.73. The minimum Gasteiger partial charge on any atom is -0.352 e. The summed E-state index contributed by atoms with van der Waals surface area (Å²) in [6.45, 7) is 4.96. The lowest BCUT2D eigenvalue weighted by atomic mass is 9.96. The van der Waals surface area contributed by atoms with Crippen LogP contribution in [0, 0.1) is 13.8 Å². The molecule has 3 aromatic rings. The van der Waals surface area contributed by atoms with E-state index >= 15 is 0 Å². The largest absolute Gasteiger partial charge is 0.352 e. The smallest absolute Gasteiger partial charge is 0.170 e. The summed E-state index contributed by atoms with van der Waals surface area (Å²) in [7, 11) is 2.10. The van der Waals surface area contributed by atoms with Gasteiger partial charge in [0, 0.05) is 30.8 Å². The SMILES string of the molecule is Cc1cc([C@@H]2[C@H](c3ccccn3)NC(=S)N2Cc2ccccn2)c(C)n1C. The lowest BCUT2D eigenvalue weighted by molar-refractivity contribution is 0.307. The van der Waals surface area contributed by atoms with Crippen molar-refractivity contribution in [3.05, 3.63) is 83.2 Å². The van der Waals surface area contributed by atoms with Crippen molar-refractivity contribution in [1.82, 2.24) is 24.8 Å². The molecule has 4 heterocycles. The highest BCUT2D eigenvalue weighted by Crippen LogP contribution is 2.41. The van der Waals surface area contributed by atoms with Crippen LogP contribution in [0.4, 0.5) is 0 Å². The molecule has 0 radical (unpaired) electrons. The van der Waals surface area contributed by atoms with E-state index in [9.17, 15) is 0 Å². The number of nitrogens with zero attached hydrogens (tertiary/aromatic N) is 4. The van der Waals surface area contributed by atoms with Gasteiger partial charge in [0.1, 0.15) is 0 Å². The van der Waals surface area contributed by atoms with Gasteiger partial charge in [0.15, 0.2) is 5.11 Å². The third kappa shape index (κ3) is 3.21. The minimum absolute atomic E-state index is 0.00270. The van der Waals surface area contributed by atoms with Crippen LogP contribution in [0.5, 0.6) is 0 Å². The van der Waals surface area contributed by atoms with E-state index in [2.05, 4.69) is 57.8 Å². The topological polar surface area (TPSA) is 46.0 Å². The molecule has 1 N–H and O–H groups in total. The Kier molecular flexibility index (Phi) is 4.66. The maximum Gasteiger partial charge on any atom is 0.170 e. The van der Waals surface area contributed by atoms with E-state index in [1.165, 1.54) is 17.0 Å². The summed E-state index contributed by atoms with van der Waals surface area (Å²) in [5, 5.41) is 4.24. The monoisotopic (exact) mass is 377 g/mol.